The second-order valence-corrected chi connectivity index (χ2v) is 4.71. The second-order valence-electron chi connectivity index (χ2n) is 4.71. The summed E-state index contributed by atoms with van der Waals surface area (Å²) in [6, 6.07) is 7.19. The lowest BCUT2D eigenvalue weighted by Crippen LogP contribution is -2.21. The number of Topliss-reactive ketones (excluding diaryl/α,β-unsaturated/α-hetero) is 1. The molecule has 7 nitrogen and oxygen atoms in total. The van der Waals surface area contributed by atoms with E-state index in [1.54, 1.807) is 19.1 Å². The van der Waals surface area contributed by atoms with Crippen molar-refractivity contribution >= 4 is 17.4 Å². The molecule has 1 heterocycles. The van der Waals surface area contributed by atoms with Gasteiger partial charge in [0, 0.05) is 6.92 Å². The molecule has 7 heteroatoms. The van der Waals surface area contributed by atoms with Gasteiger partial charge in [0.05, 0.1) is 18.0 Å². The number of ether oxygens (including phenoxy) is 1. The van der Waals surface area contributed by atoms with E-state index in [-0.39, 0.29) is 23.9 Å². The van der Waals surface area contributed by atoms with Crippen LogP contribution in [-0.4, -0.2) is 33.3 Å². The minimum Gasteiger partial charge on any atom is -0.492 e. The Bertz CT molecular complexity index is 694. The lowest BCUT2D eigenvalue weighted by molar-refractivity contribution is -0.117. The summed E-state index contributed by atoms with van der Waals surface area (Å²) in [5.74, 6) is 0.166. The smallest absolute Gasteiger partial charge is 0.246 e. The Balaban J connectivity index is 2.09. The Kier molecular flexibility index (Phi) is 4.88. The van der Waals surface area contributed by atoms with Crippen LogP contribution < -0.4 is 10.1 Å². The number of rotatable bonds is 6. The predicted octanol–water partition coefficient (Wildman–Crippen LogP) is 1.83. The van der Waals surface area contributed by atoms with Gasteiger partial charge in [-0.05, 0) is 26.0 Å². The van der Waals surface area contributed by atoms with Crippen LogP contribution in [0.1, 0.15) is 30.0 Å². The first-order valence-electron chi connectivity index (χ1n) is 6.95. The van der Waals surface area contributed by atoms with E-state index in [1.807, 2.05) is 19.1 Å². The summed E-state index contributed by atoms with van der Waals surface area (Å²) in [7, 11) is 0. The van der Waals surface area contributed by atoms with E-state index in [9.17, 15) is 9.59 Å². The van der Waals surface area contributed by atoms with Crippen molar-refractivity contribution in [3.8, 4) is 5.75 Å². The van der Waals surface area contributed by atoms with Gasteiger partial charge in [0.15, 0.2) is 11.5 Å². The molecule has 0 aliphatic carbocycles. The fourth-order valence-electron chi connectivity index (χ4n) is 2.01. The standard InChI is InChI=1S/C15H18N4O3/c1-4-22-13-8-6-5-7-12(13)16-14(21)9-19-10(2)15(11(3)20)17-18-19/h5-8H,4,9H2,1-3H3,(H,16,21). The molecule has 0 spiro atoms. The number of para-hydroxylation sites is 2. The molecule has 0 saturated heterocycles. The van der Waals surface area contributed by atoms with E-state index in [0.717, 1.165) is 0 Å². The maximum atomic E-state index is 12.1. The molecule has 1 aromatic carbocycles. The van der Waals surface area contributed by atoms with Crippen molar-refractivity contribution in [1.82, 2.24) is 15.0 Å². The van der Waals surface area contributed by atoms with E-state index in [0.29, 0.717) is 23.7 Å². The third-order valence-electron chi connectivity index (χ3n) is 3.07. The first-order chi connectivity index (χ1) is 10.5. The average molecular weight is 302 g/mol. The molecular formula is C15H18N4O3. The van der Waals surface area contributed by atoms with E-state index in [4.69, 9.17) is 4.74 Å². The molecule has 0 bridgehead atoms. The Hall–Kier alpha value is -2.70. The number of aromatic nitrogens is 3. The Morgan fingerprint density at radius 1 is 1.32 bits per heavy atom. The van der Waals surface area contributed by atoms with Crippen LogP contribution >= 0.6 is 0 Å². The normalized spacial score (nSPS) is 10.3. The maximum Gasteiger partial charge on any atom is 0.246 e. The van der Waals surface area contributed by atoms with Gasteiger partial charge in [0.1, 0.15) is 12.3 Å². The fourth-order valence-corrected chi connectivity index (χ4v) is 2.01. The van der Waals surface area contributed by atoms with Crippen molar-refractivity contribution in [2.75, 3.05) is 11.9 Å². The summed E-state index contributed by atoms with van der Waals surface area (Å²) in [5.41, 5.74) is 1.45. The highest BCUT2D eigenvalue weighted by atomic mass is 16.5. The SMILES string of the molecule is CCOc1ccccc1NC(=O)Cn1nnc(C(C)=O)c1C. The van der Waals surface area contributed by atoms with Crippen molar-refractivity contribution in [1.29, 1.82) is 0 Å². The first-order valence-corrected chi connectivity index (χ1v) is 6.95. The topological polar surface area (TPSA) is 86.1 Å². The highest BCUT2D eigenvalue weighted by Crippen LogP contribution is 2.23. The lowest BCUT2D eigenvalue weighted by Gasteiger charge is -2.11. The zero-order valence-corrected chi connectivity index (χ0v) is 12.8. The number of carbonyl (C=O) groups is 2. The Morgan fingerprint density at radius 2 is 2.05 bits per heavy atom. The molecular weight excluding hydrogens is 284 g/mol. The number of nitrogens with one attached hydrogen (secondary N) is 1. The van der Waals surface area contributed by atoms with Gasteiger partial charge in [-0.1, -0.05) is 17.3 Å². The van der Waals surface area contributed by atoms with Gasteiger partial charge in [0.2, 0.25) is 5.91 Å². The molecule has 0 saturated carbocycles. The number of amides is 1. The summed E-state index contributed by atoms with van der Waals surface area (Å²) >= 11 is 0. The van der Waals surface area contributed by atoms with Crippen molar-refractivity contribution in [2.24, 2.45) is 0 Å². The summed E-state index contributed by atoms with van der Waals surface area (Å²) in [6.07, 6.45) is 0. The lowest BCUT2D eigenvalue weighted by atomic mass is 10.2. The highest BCUT2D eigenvalue weighted by Gasteiger charge is 2.15. The average Bonchev–Trinajstić information content (AvgIpc) is 2.83. The molecule has 0 fully saturated rings. The third-order valence-corrected chi connectivity index (χ3v) is 3.07. The van der Waals surface area contributed by atoms with Crippen LogP contribution in [-0.2, 0) is 11.3 Å². The quantitative estimate of drug-likeness (QED) is 0.823. The highest BCUT2D eigenvalue weighted by molar-refractivity contribution is 5.94. The molecule has 0 unspecified atom stereocenters. The number of hydrogen-bond acceptors (Lipinski definition) is 5. The molecule has 0 aliphatic rings. The van der Waals surface area contributed by atoms with E-state index in [1.165, 1.54) is 11.6 Å². The minimum atomic E-state index is -0.268. The molecule has 1 N–H and O–H groups in total. The number of ketones is 1. The van der Waals surface area contributed by atoms with Gasteiger partial charge in [-0.2, -0.15) is 0 Å². The second kappa shape index (κ2) is 6.84. The molecule has 2 aromatic rings. The van der Waals surface area contributed by atoms with Gasteiger partial charge < -0.3 is 10.1 Å². The van der Waals surface area contributed by atoms with Gasteiger partial charge >= 0.3 is 0 Å². The molecule has 0 aliphatic heterocycles. The van der Waals surface area contributed by atoms with Crippen LogP contribution in [0.15, 0.2) is 24.3 Å². The molecule has 22 heavy (non-hydrogen) atoms. The van der Waals surface area contributed by atoms with Crippen LogP contribution in [0, 0.1) is 6.92 Å². The van der Waals surface area contributed by atoms with Crippen molar-refractivity contribution in [3.63, 3.8) is 0 Å². The first kappa shape index (κ1) is 15.7. The number of anilines is 1. The van der Waals surface area contributed by atoms with Crippen LogP contribution in [0.3, 0.4) is 0 Å². The number of hydrogen-bond donors (Lipinski definition) is 1. The Labute approximate surface area is 128 Å². The fraction of sp³-hybridized carbons (Fsp3) is 0.333. The van der Waals surface area contributed by atoms with Crippen molar-refractivity contribution in [3.05, 3.63) is 35.7 Å². The molecule has 0 atom stereocenters. The van der Waals surface area contributed by atoms with Gasteiger partial charge in [0.25, 0.3) is 0 Å². The predicted molar refractivity (Wildman–Crippen MR) is 81.0 cm³/mol. The number of carbonyl (C=O) groups excluding carboxylic acids is 2. The number of nitrogens with zero attached hydrogens (tertiary/aromatic N) is 3. The van der Waals surface area contributed by atoms with Gasteiger partial charge in [-0.3, -0.25) is 9.59 Å². The molecule has 1 aromatic heterocycles. The Morgan fingerprint density at radius 3 is 2.68 bits per heavy atom. The van der Waals surface area contributed by atoms with Gasteiger partial charge in [-0.15, -0.1) is 5.10 Å². The van der Waals surface area contributed by atoms with E-state index < -0.39 is 0 Å². The third kappa shape index (κ3) is 3.49. The molecule has 1 amide bonds. The summed E-state index contributed by atoms with van der Waals surface area (Å²) in [5, 5.41) is 10.4. The van der Waals surface area contributed by atoms with Crippen molar-refractivity contribution < 1.29 is 14.3 Å². The van der Waals surface area contributed by atoms with Crippen molar-refractivity contribution in [2.45, 2.75) is 27.3 Å². The van der Waals surface area contributed by atoms with Crippen LogP contribution in [0.4, 0.5) is 5.69 Å². The molecule has 0 radical (unpaired) electrons. The minimum absolute atomic E-state index is 0.0213. The van der Waals surface area contributed by atoms with Gasteiger partial charge in [-0.25, -0.2) is 4.68 Å². The summed E-state index contributed by atoms with van der Waals surface area (Å²) in [6.45, 7) is 5.49. The largest absolute Gasteiger partial charge is 0.492 e. The van der Waals surface area contributed by atoms with E-state index >= 15 is 0 Å². The van der Waals surface area contributed by atoms with Crippen LogP contribution in [0.2, 0.25) is 0 Å². The number of benzene rings is 1. The maximum absolute atomic E-state index is 12.1. The molecule has 116 valence electrons. The summed E-state index contributed by atoms with van der Waals surface area (Å²) in [4.78, 5) is 23.5. The van der Waals surface area contributed by atoms with E-state index in [2.05, 4.69) is 15.6 Å². The summed E-state index contributed by atoms with van der Waals surface area (Å²) < 4.78 is 6.85. The van der Waals surface area contributed by atoms with Crippen LogP contribution in [0.25, 0.3) is 0 Å². The monoisotopic (exact) mass is 302 g/mol. The zero-order chi connectivity index (χ0) is 16.1. The molecule has 2 rings (SSSR count). The van der Waals surface area contributed by atoms with Crippen LogP contribution in [0.5, 0.6) is 5.75 Å². The zero-order valence-electron chi connectivity index (χ0n) is 12.8.